The van der Waals surface area contributed by atoms with Crippen molar-refractivity contribution in [2.24, 2.45) is 0 Å². The Morgan fingerprint density at radius 1 is 1.38 bits per heavy atom. The molecule has 0 aliphatic rings. The van der Waals surface area contributed by atoms with Crippen LogP contribution in [0.15, 0.2) is 24.3 Å². The Balaban J connectivity index is 2.28. The molecule has 0 spiro atoms. The van der Waals surface area contributed by atoms with E-state index in [9.17, 15) is 13.2 Å². The fourth-order valence-electron chi connectivity index (χ4n) is 1.49. The molecule has 0 amide bonds. The lowest BCUT2D eigenvalue weighted by Crippen LogP contribution is -2.31. The summed E-state index contributed by atoms with van der Waals surface area (Å²) >= 11 is 0. The summed E-state index contributed by atoms with van der Waals surface area (Å²) in [6.07, 6.45) is 0.00312. The van der Waals surface area contributed by atoms with Gasteiger partial charge in [-0.15, -0.1) is 0 Å². The lowest BCUT2D eigenvalue weighted by molar-refractivity contribution is -0.142. The Bertz CT molecular complexity index is 559. The number of benzene rings is 1. The molecule has 0 heterocycles. The molecule has 8 heteroatoms. The molecule has 0 aromatic heterocycles. The summed E-state index contributed by atoms with van der Waals surface area (Å²) in [4.78, 5) is 11.1. The Morgan fingerprint density at radius 2 is 2.14 bits per heavy atom. The maximum atomic E-state index is 11.7. The number of nitrogens with two attached hydrogens (primary N) is 1. The van der Waals surface area contributed by atoms with Crippen molar-refractivity contribution in [3.05, 3.63) is 24.3 Å². The van der Waals surface area contributed by atoms with Crippen molar-refractivity contribution in [3.8, 4) is 5.75 Å². The number of ether oxygens (including phenoxy) is 2. The van der Waals surface area contributed by atoms with E-state index in [2.05, 4.69) is 4.72 Å². The average molecular weight is 316 g/mol. The van der Waals surface area contributed by atoms with Crippen molar-refractivity contribution in [1.82, 2.24) is 4.72 Å². The van der Waals surface area contributed by atoms with E-state index in [0.717, 1.165) is 0 Å². The topological polar surface area (TPSA) is 108 Å². The highest BCUT2D eigenvalue weighted by Gasteiger charge is 2.11. The minimum absolute atomic E-state index is 0.00179. The van der Waals surface area contributed by atoms with Crippen molar-refractivity contribution in [2.45, 2.75) is 13.3 Å². The van der Waals surface area contributed by atoms with Gasteiger partial charge in [0.15, 0.2) is 0 Å². The zero-order valence-corrected chi connectivity index (χ0v) is 12.7. The van der Waals surface area contributed by atoms with Gasteiger partial charge >= 0.3 is 5.97 Å². The molecular formula is C13H20N2O5S. The summed E-state index contributed by atoms with van der Waals surface area (Å²) < 4.78 is 35.6. The van der Waals surface area contributed by atoms with E-state index in [4.69, 9.17) is 15.2 Å². The molecule has 0 fully saturated rings. The van der Waals surface area contributed by atoms with Crippen LogP contribution < -0.4 is 15.2 Å². The van der Waals surface area contributed by atoms with Gasteiger partial charge in [0.2, 0.25) is 10.0 Å². The lowest BCUT2D eigenvalue weighted by Gasteiger charge is -2.08. The Kier molecular flexibility index (Phi) is 6.97. The highest BCUT2D eigenvalue weighted by molar-refractivity contribution is 7.89. The first kappa shape index (κ1) is 17.3. The van der Waals surface area contributed by atoms with Crippen molar-refractivity contribution < 1.29 is 22.7 Å². The van der Waals surface area contributed by atoms with Gasteiger partial charge in [0.1, 0.15) is 12.4 Å². The van der Waals surface area contributed by atoms with Gasteiger partial charge in [0, 0.05) is 18.3 Å². The SMILES string of the molecule is CCOC(=O)CCNS(=O)(=O)CCOc1cccc(N)c1. The third-order valence-corrected chi connectivity index (χ3v) is 3.78. The fourth-order valence-corrected chi connectivity index (χ4v) is 2.35. The minimum Gasteiger partial charge on any atom is -0.492 e. The summed E-state index contributed by atoms with van der Waals surface area (Å²) in [5.74, 6) is -0.127. The molecule has 7 nitrogen and oxygen atoms in total. The van der Waals surface area contributed by atoms with Gasteiger partial charge in [0.05, 0.1) is 18.8 Å². The Hall–Kier alpha value is -1.80. The molecule has 1 rings (SSSR count). The van der Waals surface area contributed by atoms with Crippen molar-refractivity contribution in [2.75, 3.05) is 31.2 Å². The summed E-state index contributed by atoms with van der Waals surface area (Å²) in [6.45, 7) is 1.98. The molecule has 0 bridgehead atoms. The number of esters is 1. The standard InChI is InChI=1S/C13H20N2O5S/c1-2-19-13(16)6-7-15-21(17,18)9-8-20-12-5-3-4-11(14)10-12/h3-5,10,15H,2,6-9,14H2,1H3. The molecule has 1 aromatic rings. The molecular weight excluding hydrogens is 296 g/mol. The van der Waals surface area contributed by atoms with Crippen LogP contribution in [0, 0.1) is 0 Å². The number of carbonyl (C=O) groups excluding carboxylic acids is 1. The van der Waals surface area contributed by atoms with Crippen LogP contribution in [0.5, 0.6) is 5.75 Å². The van der Waals surface area contributed by atoms with Crippen LogP contribution in [0.25, 0.3) is 0 Å². The summed E-state index contributed by atoms with van der Waals surface area (Å²) in [5.41, 5.74) is 6.12. The van der Waals surface area contributed by atoms with Crippen LogP contribution >= 0.6 is 0 Å². The monoisotopic (exact) mass is 316 g/mol. The van der Waals surface area contributed by atoms with Gasteiger partial charge in [0.25, 0.3) is 0 Å². The summed E-state index contributed by atoms with van der Waals surface area (Å²) in [5, 5.41) is 0. The quantitative estimate of drug-likeness (QED) is 0.508. The molecule has 0 saturated heterocycles. The molecule has 0 aliphatic heterocycles. The Morgan fingerprint density at radius 3 is 2.81 bits per heavy atom. The van der Waals surface area contributed by atoms with Gasteiger partial charge in [-0.05, 0) is 19.1 Å². The molecule has 118 valence electrons. The molecule has 1 aromatic carbocycles. The van der Waals surface area contributed by atoms with E-state index in [0.29, 0.717) is 11.4 Å². The average Bonchev–Trinajstić information content (AvgIpc) is 2.38. The van der Waals surface area contributed by atoms with Crippen molar-refractivity contribution in [3.63, 3.8) is 0 Å². The molecule has 0 aliphatic carbocycles. The number of nitrogen functional groups attached to an aromatic ring is 1. The first-order valence-electron chi connectivity index (χ1n) is 6.54. The van der Waals surface area contributed by atoms with E-state index in [-0.39, 0.29) is 31.9 Å². The van der Waals surface area contributed by atoms with Gasteiger partial charge < -0.3 is 15.2 Å². The first-order valence-corrected chi connectivity index (χ1v) is 8.19. The van der Waals surface area contributed by atoms with Gasteiger partial charge in [-0.1, -0.05) is 6.07 Å². The molecule has 21 heavy (non-hydrogen) atoms. The van der Waals surface area contributed by atoms with Crippen LogP contribution in [0.2, 0.25) is 0 Å². The van der Waals surface area contributed by atoms with Crippen LogP contribution in [-0.4, -0.2) is 39.9 Å². The highest BCUT2D eigenvalue weighted by atomic mass is 32.2. The number of nitrogens with one attached hydrogen (secondary N) is 1. The van der Waals surface area contributed by atoms with E-state index in [1.165, 1.54) is 0 Å². The predicted molar refractivity (Wildman–Crippen MR) is 79.4 cm³/mol. The maximum Gasteiger partial charge on any atom is 0.307 e. The summed E-state index contributed by atoms with van der Waals surface area (Å²) in [7, 11) is -3.49. The zero-order chi connectivity index (χ0) is 15.7. The normalized spacial score (nSPS) is 11.1. The molecule has 3 N–H and O–H groups in total. The van der Waals surface area contributed by atoms with Crippen LogP contribution in [-0.2, 0) is 19.6 Å². The van der Waals surface area contributed by atoms with Crippen molar-refractivity contribution >= 4 is 21.7 Å². The second-order valence-electron chi connectivity index (χ2n) is 4.19. The second kappa shape index (κ2) is 8.48. The van der Waals surface area contributed by atoms with Crippen LogP contribution in [0.3, 0.4) is 0 Å². The highest BCUT2D eigenvalue weighted by Crippen LogP contribution is 2.14. The van der Waals surface area contributed by atoms with Crippen LogP contribution in [0.4, 0.5) is 5.69 Å². The van der Waals surface area contributed by atoms with Gasteiger partial charge in [-0.2, -0.15) is 0 Å². The lowest BCUT2D eigenvalue weighted by atomic mass is 10.3. The van der Waals surface area contributed by atoms with E-state index in [1.54, 1.807) is 31.2 Å². The first-order chi connectivity index (χ1) is 9.93. The van der Waals surface area contributed by atoms with E-state index in [1.807, 2.05) is 0 Å². The van der Waals surface area contributed by atoms with E-state index >= 15 is 0 Å². The summed E-state index contributed by atoms with van der Waals surface area (Å²) in [6, 6.07) is 6.73. The molecule has 0 atom stereocenters. The second-order valence-corrected chi connectivity index (χ2v) is 6.12. The van der Waals surface area contributed by atoms with E-state index < -0.39 is 16.0 Å². The third-order valence-electron chi connectivity index (χ3n) is 2.44. The third kappa shape index (κ3) is 7.52. The van der Waals surface area contributed by atoms with Gasteiger partial charge in [-0.25, -0.2) is 13.1 Å². The van der Waals surface area contributed by atoms with Crippen molar-refractivity contribution in [1.29, 1.82) is 0 Å². The number of sulfonamides is 1. The minimum atomic E-state index is -3.49. The fraction of sp³-hybridized carbons (Fsp3) is 0.462. The largest absolute Gasteiger partial charge is 0.492 e. The Labute approximate surface area is 124 Å². The van der Waals surface area contributed by atoms with Gasteiger partial charge in [-0.3, -0.25) is 4.79 Å². The maximum absolute atomic E-state index is 11.7. The number of hydrogen-bond donors (Lipinski definition) is 2. The molecule has 0 unspecified atom stereocenters. The number of rotatable bonds is 9. The molecule has 0 radical (unpaired) electrons. The smallest absolute Gasteiger partial charge is 0.307 e. The van der Waals surface area contributed by atoms with Crippen LogP contribution in [0.1, 0.15) is 13.3 Å². The number of anilines is 1. The number of hydrogen-bond acceptors (Lipinski definition) is 6. The zero-order valence-electron chi connectivity index (χ0n) is 11.9. The predicted octanol–water partition coefficient (Wildman–Crippen LogP) is 0.520. The molecule has 0 saturated carbocycles. The number of carbonyl (C=O) groups is 1.